The number of nitrogens with one attached hydrogen (secondary N) is 1. The minimum atomic E-state index is -0.811. The summed E-state index contributed by atoms with van der Waals surface area (Å²) in [6, 6.07) is 10.1. The van der Waals surface area contributed by atoms with Gasteiger partial charge >= 0.3 is 5.97 Å². The summed E-state index contributed by atoms with van der Waals surface area (Å²) in [5.41, 5.74) is 1.20. The lowest BCUT2D eigenvalue weighted by Crippen LogP contribution is -2.21. The number of ether oxygens (including phenoxy) is 2. The van der Waals surface area contributed by atoms with Crippen molar-refractivity contribution in [2.75, 3.05) is 19.0 Å². The van der Waals surface area contributed by atoms with Gasteiger partial charge < -0.3 is 14.8 Å². The maximum absolute atomic E-state index is 13.1. The van der Waals surface area contributed by atoms with Crippen molar-refractivity contribution in [2.45, 2.75) is 6.92 Å². The summed E-state index contributed by atoms with van der Waals surface area (Å²) in [4.78, 5) is 24.5. The van der Waals surface area contributed by atoms with E-state index in [2.05, 4.69) is 10.4 Å². The number of amides is 1. The smallest absolute Gasteiger partial charge is 0.343 e. The molecule has 156 valence electrons. The predicted octanol–water partition coefficient (Wildman–Crippen LogP) is 4.43. The van der Waals surface area contributed by atoms with E-state index in [1.807, 2.05) is 0 Å². The lowest BCUT2D eigenvalue weighted by atomic mass is 10.2. The van der Waals surface area contributed by atoms with Gasteiger partial charge in [0.1, 0.15) is 22.3 Å². The molecule has 0 atom stereocenters. The molecular weight excluding hydrogens is 436 g/mol. The molecule has 0 bridgehead atoms. The Morgan fingerprint density at radius 1 is 1.17 bits per heavy atom. The second-order valence-electron chi connectivity index (χ2n) is 6.11. The van der Waals surface area contributed by atoms with Gasteiger partial charge in [0.2, 0.25) is 0 Å². The molecule has 0 spiro atoms. The van der Waals surface area contributed by atoms with Crippen molar-refractivity contribution < 1.29 is 23.5 Å². The van der Waals surface area contributed by atoms with Gasteiger partial charge in [0.15, 0.2) is 6.61 Å². The normalized spacial score (nSPS) is 10.6. The third-order valence-corrected chi connectivity index (χ3v) is 4.69. The van der Waals surface area contributed by atoms with E-state index in [0.717, 1.165) is 0 Å². The second kappa shape index (κ2) is 9.15. The maximum atomic E-state index is 13.1. The van der Waals surface area contributed by atoms with Crippen LogP contribution in [0.5, 0.6) is 5.75 Å². The number of nitrogens with zero attached hydrogens (tertiary/aromatic N) is 2. The Bertz CT molecular complexity index is 1100. The summed E-state index contributed by atoms with van der Waals surface area (Å²) >= 11 is 12.3. The molecule has 0 aliphatic rings. The molecule has 3 aromatic rings. The first kappa shape index (κ1) is 21.6. The highest BCUT2D eigenvalue weighted by Gasteiger charge is 2.23. The van der Waals surface area contributed by atoms with Crippen molar-refractivity contribution in [1.29, 1.82) is 0 Å². The van der Waals surface area contributed by atoms with Gasteiger partial charge in [-0.05, 0) is 49.4 Å². The monoisotopic (exact) mass is 451 g/mol. The molecule has 0 radical (unpaired) electrons. The number of carbonyl (C=O) groups is 2. The Hall–Kier alpha value is -3.10. The average molecular weight is 452 g/mol. The van der Waals surface area contributed by atoms with E-state index in [4.69, 9.17) is 32.7 Å². The zero-order chi connectivity index (χ0) is 21.8. The van der Waals surface area contributed by atoms with E-state index in [9.17, 15) is 14.0 Å². The van der Waals surface area contributed by atoms with Crippen LogP contribution in [0.25, 0.3) is 5.69 Å². The van der Waals surface area contributed by atoms with Crippen molar-refractivity contribution >= 4 is 40.8 Å². The topological polar surface area (TPSA) is 82.4 Å². The summed E-state index contributed by atoms with van der Waals surface area (Å²) in [7, 11) is 1.48. The van der Waals surface area contributed by atoms with Crippen molar-refractivity contribution in [3.63, 3.8) is 0 Å². The Morgan fingerprint density at radius 3 is 2.50 bits per heavy atom. The van der Waals surface area contributed by atoms with Crippen LogP contribution < -0.4 is 10.1 Å². The number of aromatic nitrogens is 2. The van der Waals surface area contributed by atoms with Crippen LogP contribution in [-0.2, 0) is 9.53 Å². The number of rotatable bonds is 6. The van der Waals surface area contributed by atoms with Gasteiger partial charge in [-0.2, -0.15) is 5.10 Å². The molecule has 0 saturated heterocycles. The molecule has 10 heteroatoms. The van der Waals surface area contributed by atoms with E-state index in [0.29, 0.717) is 27.8 Å². The van der Waals surface area contributed by atoms with Crippen molar-refractivity contribution in [2.24, 2.45) is 0 Å². The van der Waals surface area contributed by atoms with Crippen LogP contribution in [0.15, 0.2) is 42.5 Å². The number of halogens is 3. The molecule has 1 amide bonds. The van der Waals surface area contributed by atoms with Crippen LogP contribution in [0.2, 0.25) is 10.2 Å². The van der Waals surface area contributed by atoms with Gasteiger partial charge in [-0.1, -0.05) is 23.2 Å². The minimum absolute atomic E-state index is 0.00791. The summed E-state index contributed by atoms with van der Waals surface area (Å²) in [6.45, 7) is 1.03. The fraction of sp³-hybridized carbons (Fsp3) is 0.150. The van der Waals surface area contributed by atoms with Gasteiger partial charge in [-0.15, -0.1) is 0 Å². The largest absolute Gasteiger partial charge is 0.495 e. The first-order valence-electron chi connectivity index (χ1n) is 8.61. The van der Waals surface area contributed by atoms with Gasteiger partial charge in [-0.25, -0.2) is 13.9 Å². The molecule has 1 aromatic heterocycles. The lowest BCUT2D eigenvalue weighted by Gasteiger charge is -2.09. The minimum Gasteiger partial charge on any atom is -0.495 e. The number of carbonyl (C=O) groups excluding carboxylic acids is 2. The highest BCUT2D eigenvalue weighted by molar-refractivity contribution is 6.33. The molecular formula is C20H16Cl2FN3O4. The number of hydrogen-bond donors (Lipinski definition) is 1. The van der Waals surface area contributed by atoms with Crippen molar-refractivity contribution in [3.05, 3.63) is 69.7 Å². The van der Waals surface area contributed by atoms with Crippen LogP contribution in [0.3, 0.4) is 0 Å². The van der Waals surface area contributed by atoms with Crippen LogP contribution in [0.4, 0.5) is 10.1 Å². The van der Waals surface area contributed by atoms with Crippen LogP contribution in [0.1, 0.15) is 16.1 Å². The van der Waals surface area contributed by atoms with Crippen LogP contribution in [-0.4, -0.2) is 35.4 Å². The number of methoxy groups -OCH3 is 1. The third-order valence-electron chi connectivity index (χ3n) is 4.05. The van der Waals surface area contributed by atoms with Crippen molar-refractivity contribution in [1.82, 2.24) is 9.78 Å². The molecule has 0 saturated carbocycles. The molecule has 30 heavy (non-hydrogen) atoms. The van der Waals surface area contributed by atoms with Crippen LogP contribution in [0, 0.1) is 12.7 Å². The SMILES string of the molecule is COc1ccc(NC(=O)COC(=O)c2c(C)nn(-c3ccc(F)cc3)c2Cl)cc1Cl. The standard InChI is InChI=1S/C20H16Cl2FN3O4/c1-11-18(19(22)26(25-11)14-6-3-12(23)4-7-14)20(28)30-10-17(27)24-13-5-8-16(29-2)15(21)9-13/h3-9H,10H2,1-2H3,(H,24,27). The Kier molecular flexibility index (Phi) is 6.59. The summed E-state index contributed by atoms with van der Waals surface area (Å²) in [5, 5.41) is 7.06. The number of benzene rings is 2. The zero-order valence-corrected chi connectivity index (χ0v) is 17.4. The van der Waals surface area contributed by atoms with E-state index in [-0.39, 0.29) is 10.7 Å². The van der Waals surface area contributed by atoms with E-state index in [1.165, 1.54) is 42.1 Å². The van der Waals surface area contributed by atoms with Crippen molar-refractivity contribution in [3.8, 4) is 11.4 Å². The molecule has 1 N–H and O–H groups in total. The number of hydrogen-bond acceptors (Lipinski definition) is 5. The zero-order valence-electron chi connectivity index (χ0n) is 15.9. The first-order valence-corrected chi connectivity index (χ1v) is 9.37. The quantitative estimate of drug-likeness (QED) is 0.560. The van der Waals surface area contributed by atoms with Gasteiger partial charge in [0.25, 0.3) is 5.91 Å². The van der Waals surface area contributed by atoms with E-state index < -0.39 is 24.3 Å². The average Bonchev–Trinajstić information content (AvgIpc) is 3.01. The van der Waals surface area contributed by atoms with Crippen LogP contribution >= 0.6 is 23.2 Å². The van der Waals surface area contributed by atoms with Gasteiger partial charge in [0.05, 0.1) is 23.5 Å². The third kappa shape index (κ3) is 4.72. The number of esters is 1. The highest BCUT2D eigenvalue weighted by Crippen LogP contribution is 2.27. The molecule has 7 nitrogen and oxygen atoms in total. The van der Waals surface area contributed by atoms with E-state index >= 15 is 0 Å². The lowest BCUT2D eigenvalue weighted by molar-refractivity contribution is -0.119. The molecule has 3 rings (SSSR count). The fourth-order valence-corrected chi connectivity index (χ4v) is 3.24. The van der Waals surface area contributed by atoms with E-state index in [1.54, 1.807) is 19.1 Å². The molecule has 1 heterocycles. The summed E-state index contributed by atoms with van der Waals surface area (Å²) < 4.78 is 24.5. The predicted molar refractivity (Wildman–Crippen MR) is 110 cm³/mol. The fourth-order valence-electron chi connectivity index (χ4n) is 2.63. The second-order valence-corrected chi connectivity index (χ2v) is 6.88. The first-order chi connectivity index (χ1) is 14.3. The molecule has 0 fully saturated rings. The number of anilines is 1. The Balaban J connectivity index is 1.67. The van der Waals surface area contributed by atoms with Gasteiger partial charge in [0, 0.05) is 5.69 Å². The Morgan fingerprint density at radius 2 is 1.87 bits per heavy atom. The summed E-state index contributed by atoms with van der Waals surface area (Å²) in [6.07, 6.45) is 0. The molecule has 2 aromatic carbocycles. The molecule has 0 unspecified atom stereocenters. The molecule has 0 aliphatic heterocycles. The highest BCUT2D eigenvalue weighted by atomic mass is 35.5. The summed E-state index contributed by atoms with van der Waals surface area (Å²) in [5.74, 6) is -1.33. The number of aryl methyl sites for hydroxylation is 1. The Labute approximate surface area is 181 Å². The maximum Gasteiger partial charge on any atom is 0.343 e. The molecule has 0 aliphatic carbocycles. The van der Waals surface area contributed by atoms with Gasteiger partial charge in [-0.3, -0.25) is 4.79 Å².